The molecule has 0 amide bonds. The molecule has 0 radical (unpaired) electrons. The van der Waals surface area contributed by atoms with E-state index in [2.05, 4.69) is 10.5 Å². The molecule has 0 unspecified atom stereocenters. The smallest absolute Gasteiger partial charge is 0.317 e. The highest BCUT2D eigenvalue weighted by Gasteiger charge is 2.42. The minimum atomic E-state index is -5.34. The van der Waals surface area contributed by atoms with Crippen LogP contribution in [0.25, 0.3) is 0 Å². The molecule has 0 aromatic carbocycles. The number of sulfonamides is 1. The first-order valence-electron chi connectivity index (χ1n) is 4.05. The van der Waals surface area contributed by atoms with Crippen molar-refractivity contribution >= 4 is 10.0 Å². The Labute approximate surface area is 80.7 Å². The fourth-order valence-corrected chi connectivity index (χ4v) is 0.802. The van der Waals surface area contributed by atoms with Gasteiger partial charge in [0.25, 0.3) is 0 Å². The number of nitrogens with one attached hydrogen (secondary N) is 1. The second-order valence-corrected chi connectivity index (χ2v) is 4.35. The summed E-state index contributed by atoms with van der Waals surface area (Å²) in [5.41, 5.74) is -5.31. The fraction of sp³-hybridized carbons (Fsp3) is 1.00. The molecule has 14 heavy (non-hydrogen) atoms. The van der Waals surface area contributed by atoms with Gasteiger partial charge in [-0.15, -0.1) is 0 Å². The van der Waals surface area contributed by atoms with Crippen molar-refractivity contribution in [2.45, 2.75) is 24.8 Å². The van der Waals surface area contributed by atoms with E-state index in [1.54, 1.807) is 0 Å². The molecule has 0 atom stereocenters. The maximum Gasteiger partial charge on any atom is 0.511 e. The lowest BCUT2D eigenvalue weighted by molar-refractivity contribution is -0.0436. The van der Waals surface area contributed by atoms with Gasteiger partial charge in [-0.2, -0.15) is 13.2 Å². The van der Waals surface area contributed by atoms with Crippen molar-refractivity contribution in [2.75, 3.05) is 13.1 Å². The number of primary sulfonamides is 1. The zero-order valence-electron chi connectivity index (χ0n) is 7.47. The Morgan fingerprint density at radius 3 is 1.50 bits per heavy atom. The van der Waals surface area contributed by atoms with E-state index in [9.17, 15) is 21.6 Å². The summed E-state index contributed by atoms with van der Waals surface area (Å²) < 4.78 is 51.2. The van der Waals surface area contributed by atoms with Crippen LogP contribution in [0, 0.1) is 0 Å². The van der Waals surface area contributed by atoms with Gasteiger partial charge in [-0.05, 0) is 25.9 Å². The maximum absolute atomic E-state index is 10.8. The van der Waals surface area contributed by atoms with Crippen LogP contribution in [0.1, 0.15) is 19.3 Å². The van der Waals surface area contributed by atoms with Crippen LogP contribution >= 0.6 is 0 Å². The van der Waals surface area contributed by atoms with E-state index in [4.69, 9.17) is 0 Å². The largest absolute Gasteiger partial charge is 0.511 e. The first kappa shape index (κ1) is 13.7. The zero-order valence-corrected chi connectivity index (χ0v) is 8.29. The summed E-state index contributed by atoms with van der Waals surface area (Å²) >= 11 is 0. The average molecular weight is 234 g/mol. The van der Waals surface area contributed by atoms with Crippen LogP contribution in [0.15, 0.2) is 0 Å². The van der Waals surface area contributed by atoms with E-state index >= 15 is 0 Å². The molecule has 1 aliphatic rings. The van der Waals surface area contributed by atoms with E-state index in [0.29, 0.717) is 0 Å². The van der Waals surface area contributed by atoms with Crippen LogP contribution in [0.5, 0.6) is 0 Å². The monoisotopic (exact) mass is 234 g/mol. The number of rotatable bonds is 0. The van der Waals surface area contributed by atoms with Crippen LogP contribution in [0.2, 0.25) is 0 Å². The Morgan fingerprint density at radius 2 is 1.43 bits per heavy atom. The highest BCUT2D eigenvalue weighted by Crippen LogP contribution is 2.18. The maximum atomic E-state index is 10.8. The molecule has 86 valence electrons. The van der Waals surface area contributed by atoms with Gasteiger partial charge in [-0.1, -0.05) is 6.42 Å². The van der Waals surface area contributed by atoms with Crippen LogP contribution in [-0.2, 0) is 10.0 Å². The Morgan fingerprint density at radius 1 is 1.07 bits per heavy atom. The summed E-state index contributed by atoms with van der Waals surface area (Å²) in [4.78, 5) is 0. The van der Waals surface area contributed by atoms with Crippen molar-refractivity contribution in [3.05, 3.63) is 0 Å². The number of halogens is 3. The van der Waals surface area contributed by atoms with Crippen molar-refractivity contribution in [2.24, 2.45) is 5.14 Å². The topological polar surface area (TPSA) is 72.2 Å². The third-order valence-corrected chi connectivity index (χ3v) is 2.17. The Bertz CT molecular complexity index is 235. The van der Waals surface area contributed by atoms with Gasteiger partial charge in [0.15, 0.2) is 0 Å². The molecule has 0 bridgehead atoms. The predicted octanol–water partition coefficient (Wildman–Crippen LogP) is 0.555. The minimum absolute atomic E-state index is 1.25. The van der Waals surface area contributed by atoms with Gasteiger partial charge < -0.3 is 5.32 Å². The third-order valence-electron chi connectivity index (χ3n) is 1.53. The molecule has 4 nitrogen and oxygen atoms in total. The first-order chi connectivity index (χ1) is 6.25. The van der Waals surface area contributed by atoms with Crippen LogP contribution in [-0.4, -0.2) is 27.0 Å². The molecule has 3 N–H and O–H groups in total. The number of piperidine rings is 1. The zero-order chi connectivity index (χ0) is 11.2. The van der Waals surface area contributed by atoms with Gasteiger partial charge in [-0.25, -0.2) is 13.6 Å². The Kier molecular flexibility index (Phi) is 5.38. The number of nitrogens with two attached hydrogens (primary N) is 1. The highest BCUT2D eigenvalue weighted by atomic mass is 32.2. The summed E-state index contributed by atoms with van der Waals surface area (Å²) in [6.45, 7) is 2.50. The average Bonchev–Trinajstić information content (AvgIpc) is 2.05. The van der Waals surface area contributed by atoms with Crippen molar-refractivity contribution < 1.29 is 21.6 Å². The fourth-order valence-electron chi connectivity index (χ4n) is 0.802. The molecule has 0 aliphatic carbocycles. The normalized spacial score (nSPS) is 18.3. The summed E-state index contributed by atoms with van der Waals surface area (Å²) in [5.74, 6) is 0. The minimum Gasteiger partial charge on any atom is -0.317 e. The van der Waals surface area contributed by atoms with Gasteiger partial charge in [-0.3, -0.25) is 0 Å². The summed E-state index contributed by atoms with van der Waals surface area (Å²) in [6, 6.07) is 0. The standard InChI is InChI=1S/C5H11N.CH2F3NO2S/c1-2-4-6-5-3-1;2-1(3,4)8(5,6)7/h6H,1-5H2;(H2,5,6,7). The lowest BCUT2D eigenvalue weighted by atomic mass is 10.2. The lowest BCUT2D eigenvalue weighted by Crippen LogP contribution is -2.30. The Balaban J connectivity index is 0.000000249. The van der Waals surface area contributed by atoms with Gasteiger partial charge in [0.2, 0.25) is 0 Å². The van der Waals surface area contributed by atoms with Gasteiger partial charge in [0.05, 0.1) is 0 Å². The van der Waals surface area contributed by atoms with Gasteiger partial charge in [0, 0.05) is 0 Å². The molecule has 1 rings (SSSR count). The second-order valence-electron chi connectivity index (χ2n) is 2.80. The molecule has 0 aromatic rings. The SMILES string of the molecule is C1CCNCC1.NS(=O)(=O)C(F)(F)F. The molecule has 1 saturated heterocycles. The molecule has 0 spiro atoms. The summed E-state index contributed by atoms with van der Waals surface area (Å²) in [6.07, 6.45) is 4.22. The van der Waals surface area contributed by atoms with E-state index in [1.165, 1.54) is 32.4 Å². The molecule has 1 aliphatic heterocycles. The number of hydrogen-bond donors (Lipinski definition) is 2. The van der Waals surface area contributed by atoms with Gasteiger partial charge >= 0.3 is 15.5 Å². The third kappa shape index (κ3) is 6.17. The lowest BCUT2D eigenvalue weighted by Gasteiger charge is -2.08. The van der Waals surface area contributed by atoms with E-state index in [1.807, 2.05) is 0 Å². The van der Waals surface area contributed by atoms with Crippen molar-refractivity contribution in [1.29, 1.82) is 0 Å². The summed E-state index contributed by atoms with van der Waals surface area (Å²) in [7, 11) is -5.34. The molecule has 8 heteroatoms. The molecule has 1 heterocycles. The molecule has 0 aromatic heterocycles. The van der Waals surface area contributed by atoms with Crippen LogP contribution in [0.4, 0.5) is 13.2 Å². The summed E-state index contributed by atoms with van der Waals surface area (Å²) in [5, 5.41) is 6.94. The number of alkyl halides is 3. The highest BCUT2D eigenvalue weighted by molar-refractivity contribution is 7.90. The quantitative estimate of drug-likeness (QED) is 0.643. The van der Waals surface area contributed by atoms with Crippen LogP contribution < -0.4 is 10.5 Å². The van der Waals surface area contributed by atoms with Crippen molar-refractivity contribution in [3.63, 3.8) is 0 Å². The Hall–Kier alpha value is -0.340. The van der Waals surface area contributed by atoms with E-state index < -0.39 is 15.5 Å². The van der Waals surface area contributed by atoms with Crippen molar-refractivity contribution in [3.8, 4) is 0 Å². The molecular weight excluding hydrogens is 221 g/mol. The molecule has 1 fully saturated rings. The molecule has 0 saturated carbocycles. The van der Waals surface area contributed by atoms with Gasteiger partial charge in [0.1, 0.15) is 0 Å². The van der Waals surface area contributed by atoms with Crippen molar-refractivity contribution in [1.82, 2.24) is 5.32 Å². The molecular formula is C6H13F3N2O2S. The van der Waals surface area contributed by atoms with E-state index in [-0.39, 0.29) is 0 Å². The first-order valence-corrected chi connectivity index (χ1v) is 5.59. The van der Waals surface area contributed by atoms with Crippen LogP contribution in [0.3, 0.4) is 0 Å². The second kappa shape index (κ2) is 5.52. The number of hydrogen-bond acceptors (Lipinski definition) is 3. The predicted molar refractivity (Wildman–Crippen MR) is 45.9 cm³/mol. The van der Waals surface area contributed by atoms with E-state index in [0.717, 1.165) is 0 Å².